The van der Waals surface area contributed by atoms with Crippen molar-refractivity contribution in [3.63, 3.8) is 0 Å². The lowest BCUT2D eigenvalue weighted by Crippen LogP contribution is -2.51. The molecule has 1 fully saturated rings. The van der Waals surface area contributed by atoms with Gasteiger partial charge in [0.1, 0.15) is 0 Å². The summed E-state index contributed by atoms with van der Waals surface area (Å²) in [5.74, 6) is 0.450. The van der Waals surface area contributed by atoms with Crippen molar-refractivity contribution in [3.8, 4) is 0 Å². The molecular weight excluding hydrogens is 300 g/mol. The monoisotopic (exact) mass is 324 g/mol. The summed E-state index contributed by atoms with van der Waals surface area (Å²) < 4.78 is 2.17. The van der Waals surface area contributed by atoms with E-state index in [0.29, 0.717) is 5.91 Å². The van der Waals surface area contributed by atoms with Crippen molar-refractivity contribution < 1.29 is 4.79 Å². The second kappa shape index (κ2) is 6.30. The Morgan fingerprint density at radius 2 is 2.00 bits per heavy atom. The van der Waals surface area contributed by atoms with Crippen molar-refractivity contribution in [1.82, 2.24) is 14.5 Å². The summed E-state index contributed by atoms with van der Waals surface area (Å²) in [5, 5.41) is 0. The van der Waals surface area contributed by atoms with Crippen LogP contribution < -0.4 is 4.90 Å². The number of anilines is 1. The van der Waals surface area contributed by atoms with Gasteiger partial charge in [-0.25, -0.2) is 4.98 Å². The molecule has 0 N–H and O–H groups in total. The molecule has 1 saturated heterocycles. The molecule has 4 rings (SSSR count). The van der Waals surface area contributed by atoms with Crippen LogP contribution in [-0.4, -0.2) is 46.5 Å². The third kappa shape index (κ3) is 2.90. The molecule has 2 aliphatic heterocycles. The predicted molar refractivity (Wildman–Crippen MR) is 94.0 cm³/mol. The summed E-state index contributed by atoms with van der Waals surface area (Å²) in [5.41, 5.74) is 3.74. The van der Waals surface area contributed by atoms with Crippen molar-refractivity contribution in [3.05, 3.63) is 48.0 Å². The second-order valence-electron chi connectivity index (χ2n) is 6.92. The molecular formula is C19H24N4O. The normalized spacial score (nSPS) is 20.8. The SMILES string of the molecule is Cc1cccc(N2CCN(C(=O)C3CCn4cncc4C3)CC2)c1. The summed E-state index contributed by atoms with van der Waals surface area (Å²) in [6.07, 6.45) is 5.53. The van der Waals surface area contributed by atoms with Gasteiger partial charge in [0, 0.05) is 62.6 Å². The number of carbonyl (C=O) groups excluding carboxylic acids is 1. The first-order valence-corrected chi connectivity index (χ1v) is 8.80. The smallest absolute Gasteiger partial charge is 0.226 e. The molecule has 1 amide bonds. The van der Waals surface area contributed by atoms with Crippen LogP contribution in [-0.2, 0) is 17.8 Å². The minimum atomic E-state index is 0.125. The molecule has 1 aromatic carbocycles. The van der Waals surface area contributed by atoms with E-state index in [0.717, 1.165) is 45.6 Å². The molecule has 2 aromatic rings. The number of fused-ring (bicyclic) bond motifs is 1. The average molecular weight is 324 g/mol. The maximum atomic E-state index is 12.9. The fourth-order valence-electron chi connectivity index (χ4n) is 3.85. The summed E-state index contributed by atoms with van der Waals surface area (Å²) >= 11 is 0. The van der Waals surface area contributed by atoms with E-state index in [9.17, 15) is 4.79 Å². The Morgan fingerprint density at radius 3 is 2.79 bits per heavy atom. The van der Waals surface area contributed by atoms with Gasteiger partial charge in [-0.1, -0.05) is 12.1 Å². The van der Waals surface area contributed by atoms with Crippen LogP contribution in [0, 0.1) is 12.8 Å². The fraction of sp³-hybridized carbons (Fsp3) is 0.474. The molecule has 126 valence electrons. The standard InChI is InChI=1S/C19H24N4O/c1-15-3-2-4-17(11-15)21-7-9-22(10-8-21)19(24)16-5-6-23-14-20-13-18(23)12-16/h2-4,11,13-14,16H,5-10,12H2,1H3. The Labute approximate surface area is 142 Å². The highest BCUT2D eigenvalue weighted by molar-refractivity contribution is 5.79. The van der Waals surface area contributed by atoms with Crippen LogP contribution in [0.5, 0.6) is 0 Å². The Balaban J connectivity index is 1.37. The van der Waals surface area contributed by atoms with Crippen molar-refractivity contribution in [2.24, 2.45) is 5.92 Å². The van der Waals surface area contributed by atoms with E-state index in [4.69, 9.17) is 0 Å². The summed E-state index contributed by atoms with van der Waals surface area (Å²) in [6, 6.07) is 8.61. The van der Waals surface area contributed by atoms with Gasteiger partial charge in [0.15, 0.2) is 0 Å². The molecule has 2 aliphatic rings. The van der Waals surface area contributed by atoms with Crippen LogP contribution in [0.25, 0.3) is 0 Å². The van der Waals surface area contributed by atoms with Gasteiger partial charge >= 0.3 is 0 Å². The van der Waals surface area contributed by atoms with E-state index >= 15 is 0 Å². The first-order chi connectivity index (χ1) is 11.7. The number of rotatable bonds is 2. The van der Waals surface area contributed by atoms with Crippen LogP contribution >= 0.6 is 0 Å². The molecule has 0 spiro atoms. The molecule has 0 aliphatic carbocycles. The number of aromatic nitrogens is 2. The third-order valence-electron chi connectivity index (χ3n) is 5.28. The molecule has 0 bridgehead atoms. The molecule has 1 aromatic heterocycles. The maximum Gasteiger partial charge on any atom is 0.226 e. The Hall–Kier alpha value is -2.30. The molecule has 0 saturated carbocycles. The molecule has 1 atom stereocenters. The number of benzene rings is 1. The van der Waals surface area contributed by atoms with Gasteiger partial charge in [-0.15, -0.1) is 0 Å². The molecule has 5 heteroatoms. The van der Waals surface area contributed by atoms with Gasteiger partial charge in [-0.2, -0.15) is 0 Å². The summed E-state index contributed by atoms with van der Waals surface area (Å²) in [4.78, 5) is 21.5. The van der Waals surface area contributed by atoms with Crippen LogP contribution in [0.3, 0.4) is 0 Å². The molecule has 1 unspecified atom stereocenters. The van der Waals surface area contributed by atoms with Gasteiger partial charge in [0.25, 0.3) is 0 Å². The van der Waals surface area contributed by atoms with E-state index < -0.39 is 0 Å². The lowest BCUT2D eigenvalue weighted by molar-refractivity contribution is -0.136. The zero-order chi connectivity index (χ0) is 16.5. The number of carbonyl (C=O) groups is 1. The zero-order valence-corrected chi connectivity index (χ0v) is 14.2. The minimum absolute atomic E-state index is 0.125. The van der Waals surface area contributed by atoms with Crippen molar-refractivity contribution in [1.29, 1.82) is 0 Å². The maximum absolute atomic E-state index is 12.9. The highest BCUT2D eigenvalue weighted by Crippen LogP contribution is 2.23. The molecule has 24 heavy (non-hydrogen) atoms. The van der Waals surface area contributed by atoms with Crippen molar-refractivity contribution >= 4 is 11.6 Å². The average Bonchev–Trinajstić information content (AvgIpc) is 3.09. The number of aryl methyl sites for hydroxylation is 2. The number of hydrogen-bond donors (Lipinski definition) is 0. The number of nitrogens with zero attached hydrogens (tertiary/aromatic N) is 4. The minimum Gasteiger partial charge on any atom is -0.368 e. The Kier molecular flexibility index (Phi) is 4.00. The van der Waals surface area contributed by atoms with Gasteiger partial charge in [-0.05, 0) is 31.0 Å². The lowest BCUT2D eigenvalue weighted by Gasteiger charge is -2.38. The van der Waals surface area contributed by atoms with E-state index in [1.54, 1.807) is 0 Å². The van der Waals surface area contributed by atoms with Crippen LogP contribution in [0.2, 0.25) is 0 Å². The first kappa shape index (κ1) is 15.2. The van der Waals surface area contributed by atoms with E-state index in [1.165, 1.54) is 16.9 Å². The topological polar surface area (TPSA) is 41.4 Å². The fourth-order valence-corrected chi connectivity index (χ4v) is 3.85. The van der Waals surface area contributed by atoms with Crippen molar-refractivity contribution in [2.45, 2.75) is 26.3 Å². The molecule has 0 radical (unpaired) electrons. The highest BCUT2D eigenvalue weighted by atomic mass is 16.2. The number of hydrogen-bond acceptors (Lipinski definition) is 3. The van der Waals surface area contributed by atoms with E-state index in [2.05, 4.69) is 50.5 Å². The largest absolute Gasteiger partial charge is 0.368 e. The third-order valence-corrected chi connectivity index (χ3v) is 5.28. The predicted octanol–water partition coefficient (Wildman–Crippen LogP) is 2.10. The van der Waals surface area contributed by atoms with Gasteiger partial charge in [-0.3, -0.25) is 4.79 Å². The summed E-state index contributed by atoms with van der Waals surface area (Å²) in [7, 11) is 0. The Bertz CT molecular complexity index is 730. The van der Waals surface area contributed by atoms with Gasteiger partial charge in [0.05, 0.1) is 6.33 Å². The van der Waals surface area contributed by atoms with Gasteiger partial charge in [0.2, 0.25) is 5.91 Å². The second-order valence-corrected chi connectivity index (χ2v) is 6.92. The molecule has 5 nitrogen and oxygen atoms in total. The highest BCUT2D eigenvalue weighted by Gasteiger charge is 2.30. The van der Waals surface area contributed by atoms with Gasteiger partial charge < -0.3 is 14.4 Å². The van der Waals surface area contributed by atoms with Crippen molar-refractivity contribution in [2.75, 3.05) is 31.1 Å². The molecule has 3 heterocycles. The van der Waals surface area contributed by atoms with E-state index in [1.807, 2.05) is 12.5 Å². The van der Waals surface area contributed by atoms with E-state index in [-0.39, 0.29) is 5.92 Å². The number of piperazine rings is 1. The van der Waals surface area contributed by atoms with Crippen LogP contribution in [0.4, 0.5) is 5.69 Å². The number of amides is 1. The summed E-state index contributed by atoms with van der Waals surface area (Å²) in [6.45, 7) is 6.51. The zero-order valence-electron chi connectivity index (χ0n) is 14.2. The quantitative estimate of drug-likeness (QED) is 0.849. The lowest BCUT2D eigenvalue weighted by atomic mass is 9.94. The Morgan fingerprint density at radius 1 is 1.17 bits per heavy atom. The van der Waals surface area contributed by atoms with Crippen LogP contribution in [0.1, 0.15) is 17.7 Å². The first-order valence-electron chi connectivity index (χ1n) is 8.80. The van der Waals surface area contributed by atoms with Crippen LogP contribution in [0.15, 0.2) is 36.8 Å². The number of imidazole rings is 1.